The van der Waals surface area contributed by atoms with Crippen LogP contribution >= 0.6 is 0 Å². The summed E-state index contributed by atoms with van der Waals surface area (Å²) in [5.74, 6) is 1.00. The standard InChI is InChI=1S/C23H30N2O2/c1-24(2)23(26)22(19-10-6-4-7-11-19)25-17-9-5-8-12-21(25)18-13-15-20(27-3)16-14-18/h4,6-7,10-11,13-16,21-22H,5,8-9,12,17H2,1-3H3/t21-,22+/m0/s1. The van der Waals surface area contributed by atoms with Gasteiger partial charge in [-0.25, -0.2) is 0 Å². The Morgan fingerprint density at radius 3 is 2.37 bits per heavy atom. The number of carbonyl (C=O) groups excluding carboxylic acids is 1. The van der Waals surface area contributed by atoms with Crippen LogP contribution in [0.25, 0.3) is 0 Å². The Morgan fingerprint density at radius 1 is 1.04 bits per heavy atom. The summed E-state index contributed by atoms with van der Waals surface area (Å²) >= 11 is 0. The van der Waals surface area contributed by atoms with Crippen LogP contribution in [0.1, 0.15) is 48.9 Å². The van der Waals surface area contributed by atoms with Crippen LogP contribution in [0.2, 0.25) is 0 Å². The fourth-order valence-electron chi connectivity index (χ4n) is 3.98. The van der Waals surface area contributed by atoms with Gasteiger partial charge in [0.25, 0.3) is 0 Å². The molecule has 1 fully saturated rings. The number of methoxy groups -OCH3 is 1. The van der Waals surface area contributed by atoms with E-state index in [2.05, 4.69) is 29.2 Å². The average Bonchev–Trinajstić information content (AvgIpc) is 2.95. The third kappa shape index (κ3) is 4.51. The van der Waals surface area contributed by atoms with Crippen molar-refractivity contribution in [3.63, 3.8) is 0 Å². The lowest BCUT2D eigenvalue weighted by Crippen LogP contribution is -2.42. The normalized spacial score (nSPS) is 19.1. The van der Waals surface area contributed by atoms with Gasteiger partial charge in [-0.15, -0.1) is 0 Å². The van der Waals surface area contributed by atoms with Crippen LogP contribution in [0, 0.1) is 0 Å². The summed E-state index contributed by atoms with van der Waals surface area (Å²) in [5.41, 5.74) is 2.32. The molecule has 1 amide bonds. The summed E-state index contributed by atoms with van der Waals surface area (Å²) in [7, 11) is 5.38. The molecule has 0 N–H and O–H groups in total. The van der Waals surface area contributed by atoms with E-state index in [4.69, 9.17) is 4.74 Å². The summed E-state index contributed by atoms with van der Waals surface area (Å²) in [6, 6.07) is 18.5. The number of likely N-dealkylation sites (tertiary alicyclic amines) is 1. The highest BCUT2D eigenvalue weighted by Gasteiger charge is 2.35. The Labute approximate surface area is 162 Å². The zero-order valence-electron chi connectivity index (χ0n) is 16.6. The lowest BCUT2D eigenvalue weighted by atomic mass is 9.96. The van der Waals surface area contributed by atoms with Crippen LogP contribution in [0.4, 0.5) is 0 Å². The summed E-state index contributed by atoms with van der Waals surface area (Å²) < 4.78 is 5.32. The predicted octanol–water partition coefficient (Wildman–Crippen LogP) is 4.44. The van der Waals surface area contributed by atoms with Gasteiger partial charge in [-0.2, -0.15) is 0 Å². The van der Waals surface area contributed by atoms with Crippen molar-refractivity contribution in [1.82, 2.24) is 9.80 Å². The van der Waals surface area contributed by atoms with E-state index in [0.717, 1.165) is 30.7 Å². The van der Waals surface area contributed by atoms with Crippen LogP contribution in [-0.2, 0) is 4.79 Å². The lowest BCUT2D eigenvalue weighted by molar-refractivity contribution is -0.135. The van der Waals surface area contributed by atoms with E-state index in [9.17, 15) is 4.79 Å². The molecule has 0 aliphatic carbocycles. The topological polar surface area (TPSA) is 32.8 Å². The fraction of sp³-hybridized carbons (Fsp3) is 0.435. The number of hydrogen-bond acceptors (Lipinski definition) is 3. The Balaban J connectivity index is 2.01. The second-order valence-corrected chi connectivity index (χ2v) is 7.42. The highest BCUT2D eigenvalue weighted by atomic mass is 16.5. The number of nitrogens with zero attached hydrogens (tertiary/aromatic N) is 2. The molecule has 144 valence electrons. The molecule has 1 aliphatic rings. The molecule has 0 aromatic heterocycles. The minimum Gasteiger partial charge on any atom is -0.497 e. The van der Waals surface area contributed by atoms with Crippen LogP contribution in [0.3, 0.4) is 0 Å². The summed E-state index contributed by atoms with van der Waals surface area (Å²) in [4.78, 5) is 17.3. The molecule has 1 saturated heterocycles. The molecule has 1 heterocycles. The van der Waals surface area contributed by atoms with Crippen molar-refractivity contribution in [2.24, 2.45) is 0 Å². The number of amides is 1. The first kappa shape index (κ1) is 19.4. The molecule has 1 aliphatic heterocycles. The maximum Gasteiger partial charge on any atom is 0.244 e. The van der Waals surface area contributed by atoms with E-state index in [-0.39, 0.29) is 18.0 Å². The van der Waals surface area contributed by atoms with Crippen LogP contribution in [0.5, 0.6) is 5.75 Å². The Hall–Kier alpha value is -2.33. The number of likely N-dealkylation sites (N-methyl/N-ethyl adjacent to an activating group) is 1. The lowest BCUT2D eigenvalue weighted by Gasteiger charge is -2.38. The molecule has 2 atom stereocenters. The molecular weight excluding hydrogens is 336 g/mol. The highest BCUT2D eigenvalue weighted by molar-refractivity contribution is 5.83. The van der Waals surface area contributed by atoms with Gasteiger partial charge in [0.2, 0.25) is 5.91 Å². The van der Waals surface area contributed by atoms with Crippen molar-refractivity contribution in [3.8, 4) is 5.75 Å². The molecule has 0 spiro atoms. The Morgan fingerprint density at radius 2 is 1.74 bits per heavy atom. The molecule has 2 aromatic carbocycles. The van der Waals surface area contributed by atoms with Crippen LogP contribution in [0.15, 0.2) is 54.6 Å². The summed E-state index contributed by atoms with van der Waals surface area (Å²) in [6.07, 6.45) is 4.58. The van der Waals surface area contributed by atoms with Crippen molar-refractivity contribution in [1.29, 1.82) is 0 Å². The fourth-order valence-corrected chi connectivity index (χ4v) is 3.98. The molecule has 3 rings (SSSR count). The van der Waals surface area contributed by atoms with Crippen molar-refractivity contribution < 1.29 is 9.53 Å². The van der Waals surface area contributed by atoms with Gasteiger partial charge in [0, 0.05) is 20.1 Å². The zero-order chi connectivity index (χ0) is 19.2. The third-order valence-electron chi connectivity index (χ3n) is 5.42. The van der Waals surface area contributed by atoms with E-state index >= 15 is 0 Å². The van der Waals surface area contributed by atoms with Gasteiger partial charge in [0.05, 0.1) is 7.11 Å². The SMILES string of the molecule is COc1ccc([C@@H]2CCCCCN2[C@@H](C(=O)N(C)C)c2ccccc2)cc1. The van der Waals surface area contributed by atoms with Gasteiger partial charge in [0.1, 0.15) is 11.8 Å². The van der Waals surface area contributed by atoms with E-state index in [0.29, 0.717) is 0 Å². The van der Waals surface area contributed by atoms with Crippen LogP contribution in [-0.4, -0.2) is 43.5 Å². The maximum atomic E-state index is 13.2. The number of rotatable bonds is 5. The quantitative estimate of drug-likeness (QED) is 0.784. The van der Waals surface area contributed by atoms with Crippen molar-refractivity contribution in [2.45, 2.75) is 37.8 Å². The molecule has 0 bridgehead atoms. The first-order valence-electron chi connectivity index (χ1n) is 9.77. The molecule has 0 radical (unpaired) electrons. The molecular formula is C23H30N2O2. The molecule has 4 heteroatoms. The molecule has 0 saturated carbocycles. The van der Waals surface area contributed by atoms with Gasteiger partial charge in [-0.1, -0.05) is 55.3 Å². The minimum atomic E-state index is -0.258. The molecule has 0 unspecified atom stereocenters. The Bertz CT molecular complexity index is 728. The monoisotopic (exact) mass is 366 g/mol. The van der Waals surface area contributed by atoms with Crippen molar-refractivity contribution in [3.05, 3.63) is 65.7 Å². The second-order valence-electron chi connectivity index (χ2n) is 7.42. The van der Waals surface area contributed by atoms with E-state index in [1.54, 1.807) is 12.0 Å². The number of benzene rings is 2. The van der Waals surface area contributed by atoms with Gasteiger partial charge in [-0.05, 0) is 42.6 Å². The largest absolute Gasteiger partial charge is 0.497 e. The van der Waals surface area contributed by atoms with E-state index in [1.807, 2.05) is 44.4 Å². The minimum absolute atomic E-state index is 0.140. The van der Waals surface area contributed by atoms with Crippen LogP contribution < -0.4 is 4.74 Å². The first-order valence-corrected chi connectivity index (χ1v) is 9.77. The second kappa shape index (κ2) is 9.05. The highest BCUT2D eigenvalue weighted by Crippen LogP contribution is 2.38. The van der Waals surface area contributed by atoms with Gasteiger partial charge < -0.3 is 9.64 Å². The Kier molecular flexibility index (Phi) is 6.51. The predicted molar refractivity (Wildman–Crippen MR) is 109 cm³/mol. The van der Waals surface area contributed by atoms with Gasteiger partial charge in [0.15, 0.2) is 0 Å². The summed E-state index contributed by atoms with van der Waals surface area (Å²) in [5, 5.41) is 0. The van der Waals surface area contributed by atoms with E-state index < -0.39 is 0 Å². The first-order chi connectivity index (χ1) is 13.1. The number of carbonyl (C=O) groups is 1. The third-order valence-corrected chi connectivity index (χ3v) is 5.42. The molecule has 2 aromatic rings. The molecule has 27 heavy (non-hydrogen) atoms. The van der Waals surface area contributed by atoms with Crippen molar-refractivity contribution >= 4 is 5.91 Å². The van der Waals surface area contributed by atoms with Crippen molar-refractivity contribution in [2.75, 3.05) is 27.7 Å². The number of hydrogen-bond donors (Lipinski definition) is 0. The van der Waals surface area contributed by atoms with Gasteiger partial charge >= 0.3 is 0 Å². The maximum absolute atomic E-state index is 13.2. The average molecular weight is 367 g/mol. The van der Waals surface area contributed by atoms with Gasteiger partial charge in [-0.3, -0.25) is 9.69 Å². The van der Waals surface area contributed by atoms with E-state index in [1.165, 1.54) is 18.4 Å². The summed E-state index contributed by atoms with van der Waals surface area (Å²) in [6.45, 7) is 0.926. The smallest absolute Gasteiger partial charge is 0.244 e. The molecule has 4 nitrogen and oxygen atoms in total. The number of ether oxygens (including phenoxy) is 1. The zero-order valence-corrected chi connectivity index (χ0v) is 16.6.